The number of ketones is 1. The molecule has 6 heteroatoms. The minimum atomic E-state index is 0. The van der Waals surface area contributed by atoms with Crippen molar-refractivity contribution in [2.75, 3.05) is 19.3 Å². The molecule has 0 spiro atoms. The number of aromatic nitrogens is 2. The van der Waals surface area contributed by atoms with E-state index in [0.29, 0.717) is 11.5 Å². The van der Waals surface area contributed by atoms with Crippen LogP contribution >= 0.6 is 24.2 Å². The van der Waals surface area contributed by atoms with E-state index in [1.807, 2.05) is 6.26 Å². The van der Waals surface area contributed by atoms with Crippen LogP contribution in [0.2, 0.25) is 0 Å². The third-order valence-corrected chi connectivity index (χ3v) is 3.65. The first-order valence-corrected chi connectivity index (χ1v) is 7.07. The maximum atomic E-state index is 11.6. The van der Waals surface area contributed by atoms with Gasteiger partial charge in [0.2, 0.25) is 0 Å². The fourth-order valence-corrected chi connectivity index (χ4v) is 2.50. The van der Waals surface area contributed by atoms with Crippen molar-refractivity contribution in [2.45, 2.75) is 30.8 Å². The molecule has 2 rings (SSSR count). The maximum Gasteiger partial charge on any atom is 0.187 e. The van der Waals surface area contributed by atoms with Crippen molar-refractivity contribution in [3.05, 3.63) is 17.5 Å². The van der Waals surface area contributed by atoms with Gasteiger partial charge >= 0.3 is 0 Å². The molecule has 0 radical (unpaired) electrons. The fourth-order valence-electron chi connectivity index (χ4n) is 2.15. The van der Waals surface area contributed by atoms with Gasteiger partial charge in [-0.05, 0) is 39.1 Å². The second-order valence-corrected chi connectivity index (χ2v) is 5.01. The lowest BCUT2D eigenvalue weighted by molar-refractivity contribution is 0.101. The molecule has 1 aromatic heterocycles. The van der Waals surface area contributed by atoms with Gasteiger partial charge in [0.1, 0.15) is 0 Å². The zero-order valence-electron chi connectivity index (χ0n) is 10.6. The van der Waals surface area contributed by atoms with E-state index in [4.69, 9.17) is 0 Å². The van der Waals surface area contributed by atoms with Crippen LogP contribution in [0.25, 0.3) is 0 Å². The largest absolute Gasteiger partial charge is 0.317 e. The van der Waals surface area contributed by atoms with Crippen molar-refractivity contribution in [3.63, 3.8) is 0 Å². The van der Waals surface area contributed by atoms with Gasteiger partial charge < -0.3 is 5.32 Å². The van der Waals surface area contributed by atoms with Gasteiger partial charge in [-0.15, -0.1) is 12.4 Å². The van der Waals surface area contributed by atoms with Crippen LogP contribution in [0.15, 0.2) is 11.4 Å². The van der Waals surface area contributed by atoms with Gasteiger partial charge in [-0.3, -0.25) is 4.79 Å². The van der Waals surface area contributed by atoms with E-state index >= 15 is 0 Å². The van der Waals surface area contributed by atoms with Crippen LogP contribution in [0.3, 0.4) is 0 Å². The molecule has 1 aliphatic rings. The average Bonchev–Trinajstić information content (AvgIpc) is 2.39. The predicted molar refractivity (Wildman–Crippen MR) is 75.9 cm³/mol. The van der Waals surface area contributed by atoms with Crippen LogP contribution in [-0.4, -0.2) is 35.1 Å². The Labute approximate surface area is 118 Å². The Balaban J connectivity index is 0.00000162. The third-order valence-electron chi connectivity index (χ3n) is 3.08. The molecule has 18 heavy (non-hydrogen) atoms. The first-order chi connectivity index (χ1) is 8.22. The van der Waals surface area contributed by atoms with Crippen molar-refractivity contribution < 1.29 is 4.79 Å². The molecule has 0 aliphatic carbocycles. The van der Waals surface area contributed by atoms with Crippen LogP contribution in [0.4, 0.5) is 0 Å². The maximum absolute atomic E-state index is 11.6. The van der Waals surface area contributed by atoms with Gasteiger partial charge in [0.25, 0.3) is 0 Å². The monoisotopic (exact) mass is 287 g/mol. The molecular weight excluding hydrogens is 270 g/mol. The highest BCUT2D eigenvalue weighted by atomic mass is 35.5. The molecule has 1 fully saturated rings. The number of hydrogen-bond acceptors (Lipinski definition) is 5. The van der Waals surface area contributed by atoms with Crippen LogP contribution in [0.5, 0.6) is 0 Å². The topological polar surface area (TPSA) is 54.9 Å². The average molecular weight is 288 g/mol. The highest BCUT2D eigenvalue weighted by molar-refractivity contribution is 7.98. The highest BCUT2D eigenvalue weighted by Gasteiger charge is 2.22. The molecular formula is C12H18ClN3OS. The van der Waals surface area contributed by atoms with Crippen molar-refractivity contribution in [3.8, 4) is 0 Å². The second kappa shape index (κ2) is 7.07. The fraction of sp³-hybridized carbons (Fsp3) is 0.583. The normalized spacial score (nSPS) is 16.1. The van der Waals surface area contributed by atoms with Gasteiger partial charge in [-0.2, -0.15) is 0 Å². The molecule has 1 saturated heterocycles. The summed E-state index contributed by atoms with van der Waals surface area (Å²) in [7, 11) is 0. The summed E-state index contributed by atoms with van der Waals surface area (Å²) >= 11 is 1.52. The lowest BCUT2D eigenvalue weighted by atomic mass is 9.91. The summed E-state index contributed by atoms with van der Waals surface area (Å²) in [6.45, 7) is 3.59. The van der Waals surface area contributed by atoms with Gasteiger partial charge in [0.15, 0.2) is 10.9 Å². The minimum Gasteiger partial charge on any atom is -0.317 e. The number of piperidine rings is 1. The molecule has 1 aliphatic heterocycles. The van der Waals surface area contributed by atoms with Gasteiger partial charge in [0, 0.05) is 12.1 Å². The van der Waals surface area contributed by atoms with Gasteiger partial charge in [0.05, 0.1) is 11.3 Å². The first-order valence-electron chi connectivity index (χ1n) is 5.85. The first kappa shape index (κ1) is 15.4. The Kier molecular flexibility index (Phi) is 6.05. The number of rotatable bonds is 3. The number of thioether (sulfide) groups is 1. The third kappa shape index (κ3) is 3.43. The standard InChI is InChI=1S/C12H17N3OS.ClH/c1-8(16)10-7-14-12(17-2)15-11(10)9-3-5-13-6-4-9;/h7,9,13H,3-6H2,1-2H3;1H. The molecule has 100 valence electrons. The quantitative estimate of drug-likeness (QED) is 0.525. The lowest BCUT2D eigenvalue weighted by Crippen LogP contribution is -2.28. The number of Topliss-reactive ketones (excluding diaryl/α,β-unsaturated/α-hetero) is 1. The van der Waals surface area contributed by atoms with Crippen LogP contribution in [0, 0.1) is 0 Å². The Morgan fingerprint density at radius 3 is 2.67 bits per heavy atom. The van der Waals surface area contributed by atoms with E-state index < -0.39 is 0 Å². The van der Waals surface area contributed by atoms with E-state index in [1.54, 1.807) is 13.1 Å². The number of nitrogens with one attached hydrogen (secondary N) is 1. The van der Waals surface area contributed by atoms with Crippen LogP contribution in [-0.2, 0) is 0 Å². The Hall–Kier alpha value is -0.650. The molecule has 2 heterocycles. The van der Waals surface area contributed by atoms with Crippen LogP contribution < -0.4 is 5.32 Å². The number of carbonyl (C=O) groups excluding carboxylic acids is 1. The van der Waals surface area contributed by atoms with E-state index in [9.17, 15) is 4.79 Å². The SMILES string of the molecule is CSc1ncc(C(C)=O)c(C2CCNCC2)n1.Cl. The minimum absolute atomic E-state index is 0. The van der Waals surface area contributed by atoms with Crippen molar-refractivity contribution in [1.82, 2.24) is 15.3 Å². The Morgan fingerprint density at radius 2 is 2.11 bits per heavy atom. The summed E-state index contributed by atoms with van der Waals surface area (Å²) < 4.78 is 0. The zero-order chi connectivity index (χ0) is 12.3. The number of carbonyl (C=O) groups is 1. The predicted octanol–water partition coefficient (Wildman–Crippen LogP) is 2.29. The Bertz CT molecular complexity index is 422. The molecule has 0 saturated carbocycles. The zero-order valence-corrected chi connectivity index (χ0v) is 12.2. The summed E-state index contributed by atoms with van der Waals surface area (Å²) in [5.41, 5.74) is 1.63. The molecule has 0 bridgehead atoms. The molecule has 1 aromatic rings. The Morgan fingerprint density at radius 1 is 1.44 bits per heavy atom. The van der Waals surface area contributed by atoms with Crippen molar-refractivity contribution in [1.29, 1.82) is 0 Å². The highest BCUT2D eigenvalue weighted by Crippen LogP contribution is 2.27. The van der Waals surface area contributed by atoms with Crippen molar-refractivity contribution >= 4 is 30.0 Å². The number of nitrogens with zero attached hydrogens (tertiary/aromatic N) is 2. The second-order valence-electron chi connectivity index (χ2n) is 4.24. The molecule has 0 amide bonds. The number of hydrogen-bond donors (Lipinski definition) is 1. The number of halogens is 1. The van der Waals surface area contributed by atoms with E-state index in [0.717, 1.165) is 36.8 Å². The van der Waals surface area contributed by atoms with Crippen LogP contribution in [0.1, 0.15) is 41.7 Å². The summed E-state index contributed by atoms with van der Waals surface area (Å²) in [4.78, 5) is 20.3. The van der Waals surface area contributed by atoms with Gasteiger partial charge in [-0.25, -0.2) is 9.97 Å². The molecule has 0 unspecified atom stereocenters. The van der Waals surface area contributed by atoms with E-state index in [2.05, 4.69) is 15.3 Å². The smallest absolute Gasteiger partial charge is 0.187 e. The summed E-state index contributed by atoms with van der Waals surface area (Å²) in [5, 5.41) is 4.08. The molecule has 4 nitrogen and oxygen atoms in total. The lowest BCUT2D eigenvalue weighted by Gasteiger charge is -2.23. The molecule has 1 N–H and O–H groups in total. The summed E-state index contributed by atoms with van der Waals surface area (Å²) in [6.07, 6.45) is 5.73. The van der Waals surface area contributed by atoms with E-state index in [-0.39, 0.29) is 18.2 Å². The summed E-state index contributed by atoms with van der Waals surface area (Å²) in [6, 6.07) is 0. The van der Waals surface area contributed by atoms with E-state index in [1.165, 1.54) is 11.8 Å². The summed E-state index contributed by atoms with van der Waals surface area (Å²) in [5.74, 6) is 0.454. The van der Waals surface area contributed by atoms with Crippen molar-refractivity contribution in [2.24, 2.45) is 0 Å². The van der Waals surface area contributed by atoms with Gasteiger partial charge in [-0.1, -0.05) is 11.8 Å². The molecule has 0 atom stereocenters. The molecule has 0 aromatic carbocycles.